The van der Waals surface area contributed by atoms with Gasteiger partial charge in [0.05, 0.1) is 12.8 Å². The second-order valence-corrected chi connectivity index (χ2v) is 5.43. The van der Waals surface area contributed by atoms with Crippen LogP contribution in [0.25, 0.3) is 0 Å². The molecule has 0 spiro atoms. The molecule has 1 aromatic carbocycles. The van der Waals surface area contributed by atoms with Crippen molar-refractivity contribution < 1.29 is 13.9 Å². The Hall–Kier alpha value is -1.58. The second-order valence-electron chi connectivity index (χ2n) is 5.43. The van der Waals surface area contributed by atoms with E-state index in [2.05, 4.69) is 5.32 Å². The molecule has 0 aliphatic heterocycles. The molecule has 0 aromatic heterocycles. The number of anilines is 1. The number of carbonyl (C=O) groups excluding carboxylic acids is 1. The number of hydrogen-bond acceptors (Lipinski definition) is 3. The van der Waals surface area contributed by atoms with E-state index in [0.29, 0.717) is 18.0 Å². The predicted octanol–water partition coefficient (Wildman–Crippen LogP) is 3.36. The zero-order chi connectivity index (χ0) is 13.9. The summed E-state index contributed by atoms with van der Waals surface area (Å²) in [5, 5.41) is 3.02. The number of carbonyl (C=O) groups is 1. The number of methoxy groups -OCH3 is 1. The van der Waals surface area contributed by atoms with Crippen LogP contribution >= 0.6 is 0 Å². The Morgan fingerprint density at radius 2 is 2.16 bits per heavy atom. The third kappa shape index (κ3) is 3.06. The Morgan fingerprint density at radius 1 is 1.47 bits per heavy atom. The van der Waals surface area contributed by atoms with E-state index in [1.807, 2.05) is 0 Å². The number of benzene rings is 1. The Labute approximate surface area is 113 Å². The van der Waals surface area contributed by atoms with Crippen LogP contribution in [-0.2, 0) is 9.53 Å². The molecule has 1 atom stereocenters. The summed E-state index contributed by atoms with van der Waals surface area (Å²) in [6, 6.07) is 6.38. The molecular formula is C15H20FNO2. The fourth-order valence-electron chi connectivity index (χ4n) is 2.54. The molecule has 1 N–H and O–H groups in total. The highest BCUT2D eigenvalue weighted by molar-refractivity contribution is 5.84. The predicted molar refractivity (Wildman–Crippen MR) is 72.4 cm³/mol. The standard InChI is InChI=1S/C15H20FNO2/c1-15(14(18)19-2,10-11-6-5-7-11)17-13-9-4-3-8-12(13)16/h3-4,8-9,11,17H,5-7,10H2,1-2H3. The summed E-state index contributed by atoms with van der Waals surface area (Å²) in [7, 11) is 1.37. The average molecular weight is 265 g/mol. The quantitative estimate of drug-likeness (QED) is 0.830. The number of rotatable bonds is 5. The van der Waals surface area contributed by atoms with Gasteiger partial charge in [-0.05, 0) is 31.4 Å². The third-order valence-corrected chi connectivity index (χ3v) is 3.84. The molecule has 0 radical (unpaired) electrons. The smallest absolute Gasteiger partial charge is 0.331 e. The van der Waals surface area contributed by atoms with E-state index in [0.717, 1.165) is 12.8 Å². The minimum Gasteiger partial charge on any atom is -0.467 e. The molecule has 1 fully saturated rings. The van der Waals surface area contributed by atoms with E-state index >= 15 is 0 Å². The summed E-state index contributed by atoms with van der Waals surface area (Å²) in [5.41, 5.74) is -0.531. The molecule has 0 amide bonds. The highest BCUT2D eigenvalue weighted by Gasteiger charge is 2.38. The molecule has 0 bridgehead atoms. The number of nitrogens with one attached hydrogen (secondary N) is 1. The maximum atomic E-state index is 13.7. The van der Waals surface area contributed by atoms with Gasteiger partial charge < -0.3 is 10.1 Å². The molecule has 1 unspecified atom stereocenters. The van der Waals surface area contributed by atoms with Crippen molar-refractivity contribution in [1.82, 2.24) is 0 Å². The number of para-hydroxylation sites is 1. The molecule has 0 saturated heterocycles. The topological polar surface area (TPSA) is 38.3 Å². The second kappa shape index (κ2) is 5.59. The summed E-state index contributed by atoms with van der Waals surface area (Å²) in [6.45, 7) is 1.78. The molecule has 1 saturated carbocycles. The van der Waals surface area contributed by atoms with Crippen molar-refractivity contribution in [1.29, 1.82) is 0 Å². The Morgan fingerprint density at radius 3 is 2.68 bits per heavy atom. The fourth-order valence-corrected chi connectivity index (χ4v) is 2.54. The van der Waals surface area contributed by atoms with Gasteiger partial charge in [-0.15, -0.1) is 0 Å². The van der Waals surface area contributed by atoms with E-state index in [1.165, 1.54) is 19.6 Å². The van der Waals surface area contributed by atoms with Crippen molar-refractivity contribution in [2.45, 2.75) is 38.1 Å². The lowest BCUT2D eigenvalue weighted by Gasteiger charge is -2.36. The average Bonchev–Trinajstić information content (AvgIpc) is 2.36. The third-order valence-electron chi connectivity index (χ3n) is 3.84. The summed E-state index contributed by atoms with van der Waals surface area (Å²) < 4.78 is 18.6. The Kier molecular flexibility index (Phi) is 4.08. The van der Waals surface area contributed by atoms with E-state index in [9.17, 15) is 9.18 Å². The maximum Gasteiger partial charge on any atom is 0.331 e. The lowest BCUT2D eigenvalue weighted by atomic mass is 9.76. The molecule has 1 aromatic rings. The lowest BCUT2D eigenvalue weighted by molar-refractivity contribution is -0.146. The summed E-state index contributed by atoms with van der Waals surface area (Å²) in [5.74, 6) is -0.183. The first-order valence-corrected chi connectivity index (χ1v) is 6.66. The van der Waals surface area contributed by atoms with Crippen molar-refractivity contribution in [3.63, 3.8) is 0 Å². The summed E-state index contributed by atoms with van der Waals surface area (Å²) in [4.78, 5) is 12.0. The van der Waals surface area contributed by atoms with Crippen LogP contribution in [0.1, 0.15) is 32.6 Å². The van der Waals surface area contributed by atoms with Crippen LogP contribution in [-0.4, -0.2) is 18.6 Å². The van der Waals surface area contributed by atoms with E-state index in [4.69, 9.17) is 4.74 Å². The first kappa shape index (κ1) is 13.8. The fraction of sp³-hybridized carbons (Fsp3) is 0.533. The molecule has 2 rings (SSSR count). The molecular weight excluding hydrogens is 245 g/mol. The van der Waals surface area contributed by atoms with Gasteiger partial charge in [0.2, 0.25) is 0 Å². The molecule has 19 heavy (non-hydrogen) atoms. The van der Waals surface area contributed by atoms with Gasteiger partial charge in [0.15, 0.2) is 0 Å². The van der Waals surface area contributed by atoms with Crippen molar-refractivity contribution in [3.8, 4) is 0 Å². The normalized spacial score (nSPS) is 18.3. The number of esters is 1. The summed E-state index contributed by atoms with van der Waals surface area (Å²) >= 11 is 0. The summed E-state index contributed by atoms with van der Waals surface area (Å²) in [6.07, 6.45) is 4.15. The van der Waals surface area contributed by atoms with E-state index < -0.39 is 5.54 Å². The molecule has 3 nitrogen and oxygen atoms in total. The monoisotopic (exact) mass is 265 g/mol. The van der Waals surface area contributed by atoms with E-state index in [1.54, 1.807) is 25.1 Å². The lowest BCUT2D eigenvalue weighted by Crippen LogP contribution is -2.46. The minimum atomic E-state index is -0.873. The SMILES string of the molecule is COC(=O)C(C)(CC1CCC1)Nc1ccccc1F. The van der Waals surface area contributed by atoms with Crippen molar-refractivity contribution in [3.05, 3.63) is 30.1 Å². The van der Waals surface area contributed by atoms with Gasteiger partial charge in [-0.1, -0.05) is 31.4 Å². The van der Waals surface area contributed by atoms with Crippen LogP contribution in [0.2, 0.25) is 0 Å². The van der Waals surface area contributed by atoms with Crippen LogP contribution < -0.4 is 5.32 Å². The molecule has 104 valence electrons. The van der Waals surface area contributed by atoms with Crippen LogP contribution in [0.4, 0.5) is 10.1 Å². The molecule has 4 heteroatoms. The number of ether oxygens (including phenoxy) is 1. The first-order valence-electron chi connectivity index (χ1n) is 6.66. The van der Waals surface area contributed by atoms with Crippen LogP contribution in [0.15, 0.2) is 24.3 Å². The highest BCUT2D eigenvalue weighted by atomic mass is 19.1. The van der Waals surface area contributed by atoms with Gasteiger partial charge in [-0.2, -0.15) is 0 Å². The van der Waals surface area contributed by atoms with Crippen molar-refractivity contribution in [2.75, 3.05) is 12.4 Å². The molecule has 0 heterocycles. The van der Waals surface area contributed by atoms with Gasteiger partial charge in [-0.25, -0.2) is 9.18 Å². The van der Waals surface area contributed by atoms with Gasteiger partial charge >= 0.3 is 5.97 Å². The van der Waals surface area contributed by atoms with Crippen LogP contribution in [0, 0.1) is 11.7 Å². The van der Waals surface area contributed by atoms with Crippen molar-refractivity contribution in [2.24, 2.45) is 5.92 Å². The zero-order valence-electron chi connectivity index (χ0n) is 11.4. The Balaban J connectivity index is 2.17. The van der Waals surface area contributed by atoms with E-state index in [-0.39, 0.29) is 11.8 Å². The Bertz CT molecular complexity index is 459. The minimum absolute atomic E-state index is 0.342. The molecule has 1 aliphatic rings. The van der Waals surface area contributed by atoms with Gasteiger partial charge in [-0.3, -0.25) is 0 Å². The van der Waals surface area contributed by atoms with Gasteiger partial charge in [0.25, 0.3) is 0 Å². The molecule has 1 aliphatic carbocycles. The maximum absolute atomic E-state index is 13.7. The largest absolute Gasteiger partial charge is 0.467 e. The number of hydrogen-bond donors (Lipinski definition) is 1. The van der Waals surface area contributed by atoms with Gasteiger partial charge in [0, 0.05) is 0 Å². The van der Waals surface area contributed by atoms with Gasteiger partial charge in [0.1, 0.15) is 11.4 Å². The number of halogens is 1. The first-order chi connectivity index (χ1) is 9.05. The van der Waals surface area contributed by atoms with Crippen LogP contribution in [0.5, 0.6) is 0 Å². The van der Waals surface area contributed by atoms with Crippen molar-refractivity contribution >= 4 is 11.7 Å². The zero-order valence-corrected chi connectivity index (χ0v) is 11.4. The highest BCUT2D eigenvalue weighted by Crippen LogP contribution is 2.35. The van der Waals surface area contributed by atoms with Crippen LogP contribution in [0.3, 0.4) is 0 Å².